The fraction of sp³-hybridized carbons (Fsp3) is 0.625. The van der Waals surface area contributed by atoms with E-state index in [1.807, 2.05) is 0 Å². The lowest BCUT2D eigenvalue weighted by Crippen LogP contribution is -2.25. The average Bonchev–Trinajstić information content (AvgIpc) is 2.52. The number of halogens is 2. The van der Waals surface area contributed by atoms with E-state index in [9.17, 15) is 13.9 Å². The topological polar surface area (TPSA) is 20.2 Å². The maximum atomic E-state index is 13.3. The molecular weight excluding hydrogens is 246 g/mol. The van der Waals surface area contributed by atoms with Crippen molar-refractivity contribution in [1.29, 1.82) is 0 Å². The van der Waals surface area contributed by atoms with E-state index in [0.29, 0.717) is 24.3 Å². The van der Waals surface area contributed by atoms with Crippen molar-refractivity contribution in [3.8, 4) is 0 Å². The van der Waals surface area contributed by atoms with Crippen molar-refractivity contribution < 1.29 is 13.9 Å². The molecule has 1 saturated carbocycles. The van der Waals surface area contributed by atoms with E-state index in [0.717, 1.165) is 31.7 Å². The Balaban J connectivity index is 2.17. The molecule has 0 spiro atoms. The van der Waals surface area contributed by atoms with Crippen LogP contribution in [0.4, 0.5) is 8.78 Å². The molecule has 2 atom stereocenters. The predicted molar refractivity (Wildman–Crippen MR) is 71.7 cm³/mol. The molecule has 1 aliphatic rings. The smallest absolute Gasteiger partial charge is 0.126 e. The second kappa shape index (κ2) is 6.00. The van der Waals surface area contributed by atoms with E-state index in [2.05, 4.69) is 6.92 Å². The molecule has 0 heterocycles. The highest BCUT2D eigenvalue weighted by atomic mass is 19.1. The van der Waals surface area contributed by atoms with Gasteiger partial charge in [0.1, 0.15) is 11.6 Å². The van der Waals surface area contributed by atoms with Gasteiger partial charge in [0.15, 0.2) is 0 Å². The molecule has 0 saturated heterocycles. The third-order valence-corrected chi connectivity index (χ3v) is 4.27. The Bertz CT molecular complexity index is 413. The highest BCUT2D eigenvalue weighted by molar-refractivity contribution is 5.24. The van der Waals surface area contributed by atoms with E-state index >= 15 is 0 Å². The van der Waals surface area contributed by atoms with Crippen LogP contribution in [-0.4, -0.2) is 5.11 Å². The second-order valence-electron chi connectivity index (χ2n) is 5.78. The van der Waals surface area contributed by atoms with E-state index in [4.69, 9.17) is 0 Å². The minimum Gasteiger partial charge on any atom is -0.385 e. The lowest BCUT2D eigenvalue weighted by Gasteiger charge is -2.27. The summed E-state index contributed by atoms with van der Waals surface area (Å²) >= 11 is 0. The quantitative estimate of drug-likeness (QED) is 0.798. The first-order chi connectivity index (χ1) is 9.03. The monoisotopic (exact) mass is 268 g/mol. The Morgan fingerprint density at radius 1 is 1.16 bits per heavy atom. The Morgan fingerprint density at radius 2 is 1.84 bits per heavy atom. The van der Waals surface area contributed by atoms with Gasteiger partial charge in [-0.1, -0.05) is 26.2 Å². The molecule has 0 radical (unpaired) electrons. The Kier molecular flexibility index (Phi) is 4.56. The van der Waals surface area contributed by atoms with Crippen molar-refractivity contribution in [3.05, 3.63) is 35.4 Å². The van der Waals surface area contributed by atoms with Crippen LogP contribution in [0.15, 0.2) is 18.2 Å². The maximum absolute atomic E-state index is 13.3. The molecular formula is C16H22F2O. The van der Waals surface area contributed by atoms with Crippen LogP contribution >= 0.6 is 0 Å². The summed E-state index contributed by atoms with van der Waals surface area (Å²) in [6.45, 7) is 2.17. The summed E-state index contributed by atoms with van der Waals surface area (Å²) in [4.78, 5) is 0. The minimum atomic E-state index is -1.06. The first-order valence-electron chi connectivity index (χ1n) is 7.22. The van der Waals surface area contributed by atoms with Crippen LogP contribution in [0.3, 0.4) is 0 Å². The Labute approximate surface area is 113 Å². The van der Waals surface area contributed by atoms with Gasteiger partial charge in [-0.3, -0.25) is 0 Å². The summed E-state index contributed by atoms with van der Waals surface area (Å²) in [7, 11) is 0. The van der Waals surface area contributed by atoms with Gasteiger partial charge in [-0.2, -0.15) is 0 Å². The number of hydrogen-bond donors (Lipinski definition) is 1. The van der Waals surface area contributed by atoms with Gasteiger partial charge in [0, 0.05) is 6.07 Å². The Morgan fingerprint density at radius 3 is 2.47 bits per heavy atom. The van der Waals surface area contributed by atoms with Crippen molar-refractivity contribution in [1.82, 2.24) is 0 Å². The zero-order valence-electron chi connectivity index (χ0n) is 11.5. The van der Waals surface area contributed by atoms with Gasteiger partial charge in [-0.15, -0.1) is 0 Å². The SMILES string of the molecule is CCCC1CCCC(O)(c2cc(F)cc(F)c2)CC1. The fourth-order valence-electron chi connectivity index (χ4n) is 3.20. The minimum absolute atomic E-state index is 0.391. The molecule has 106 valence electrons. The average molecular weight is 268 g/mol. The molecule has 0 amide bonds. The third kappa shape index (κ3) is 3.53. The van der Waals surface area contributed by atoms with E-state index in [-0.39, 0.29) is 0 Å². The molecule has 0 aliphatic heterocycles. The van der Waals surface area contributed by atoms with E-state index in [1.54, 1.807) is 0 Å². The number of rotatable bonds is 3. The van der Waals surface area contributed by atoms with Crippen LogP contribution in [0.2, 0.25) is 0 Å². The van der Waals surface area contributed by atoms with Gasteiger partial charge in [0.25, 0.3) is 0 Å². The van der Waals surface area contributed by atoms with E-state index in [1.165, 1.54) is 18.6 Å². The normalized spacial score (nSPS) is 28.1. The van der Waals surface area contributed by atoms with Gasteiger partial charge in [-0.25, -0.2) is 8.78 Å². The summed E-state index contributed by atoms with van der Waals surface area (Å²) < 4.78 is 26.6. The molecule has 0 aromatic heterocycles. The van der Waals surface area contributed by atoms with Crippen molar-refractivity contribution in [2.75, 3.05) is 0 Å². The lowest BCUT2D eigenvalue weighted by atomic mass is 9.86. The molecule has 1 aromatic carbocycles. The molecule has 3 heteroatoms. The van der Waals surface area contributed by atoms with Gasteiger partial charge in [0.05, 0.1) is 5.60 Å². The molecule has 0 bridgehead atoms. The molecule has 1 aliphatic carbocycles. The second-order valence-corrected chi connectivity index (χ2v) is 5.78. The number of benzene rings is 1. The maximum Gasteiger partial charge on any atom is 0.126 e. The van der Waals surface area contributed by atoms with E-state index < -0.39 is 17.2 Å². The zero-order valence-corrected chi connectivity index (χ0v) is 11.5. The van der Waals surface area contributed by atoms with Crippen LogP contribution in [0.25, 0.3) is 0 Å². The largest absolute Gasteiger partial charge is 0.385 e. The lowest BCUT2D eigenvalue weighted by molar-refractivity contribution is 0.0189. The zero-order chi connectivity index (χ0) is 13.9. The van der Waals surface area contributed by atoms with Crippen LogP contribution < -0.4 is 0 Å². The molecule has 1 fully saturated rings. The van der Waals surface area contributed by atoms with Crippen LogP contribution in [0, 0.1) is 17.6 Å². The van der Waals surface area contributed by atoms with Gasteiger partial charge >= 0.3 is 0 Å². The van der Waals surface area contributed by atoms with Gasteiger partial charge < -0.3 is 5.11 Å². The van der Waals surface area contributed by atoms with Crippen molar-refractivity contribution in [3.63, 3.8) is 0 Å². The summed E-state index contributed by atoms with van der Waals surface area (Å²) in [5, 5.41) is 10.7. The van der Waals surface area contributed by atoms with Gasteiger partial charge in [0.2, 0.25) is 0 Å². The molecule has 2 unspecified atom stereocenters. The standard InChI is InChI=1S/C16H22F2O/c1-2-4-12-5-3-7-16(19,8-6-12)13-9-14(17)11-15(18)10-13/h9-12,19H,2-8H2,1H3. The summed E-state index contributed by atoms with van der Waals surface area (Å²) in [6.07, 6.45) is 6.47. The number of hydrogen-bond acceptors (Lipinski definition) is 1. The third-order valence-electron chi connectivity index (χ3n) is 4.27. The fourth-order valence-corrected chi connectivity index (χ4v) is 3.20. The summed E-state index contributed by atoms with van der Waals surface area (Å²) in [5.41, 5.74) is -0.673. The summed E-state index contributed by atoms with van der Waals surface area (Å²) in [6, 6.07) is 3.38. The van der Waals surface area contributed by atoms with Crippen LogP contribution in [0.1, 0.15) is 57.4 Å². The molecule has 19 heavy (non-hydrogen) atoms. The highest BCUT2D eigenvalue weighted by Crippen LogP contribution is 2.39. The van der Waals surface area contributed by atoms with Crippen molar-refractivity contribution in [2.45, 2.75) is 57.5 Å². The van der Waals surface area contributed by atoms with Crippen molar-refractivity contribution >= 4 is 0 Å². The predicted octanol–water partition coefficient (Wildman–Crippen LogP) is 4.53. The van der Waals surface area contributed by atoms with Crippen molar-refractivity contribution in [2.24, 2.45) is 5.92 Å². The first-order valence-corrected chi connectivity index (χ1v) is 7.22. The van der Waals surface area contributed by atoms with Crippen LogP contribution in [0.5, 0.6) is 0 Å². The summed E-state index contributed by atoms with van der Waals surface area (Å²) in [5.74, 6) is -0.590. The highest BCUT2D eigenvalue weighted by Gasteiger charge is 2.33. The van der Waals surface area contributed by atoms with Crippen LogP contribution in [-0.2, 0) is 5.60 Å². The molecule has 1 N–H and O–H groups in total. The molecule has 1 aromatic rings. The Hall–Kier alpha value is -0.960. The van der Waals surface area contributed by atoms with Gasteiger partial charge in [-0.05, 0) is 49.3 Å². The molecule has 2 rings (SSSR count). The number of aliphatic hydroxyl groups is 1. The molecule has 1 nitrogen and oxygen atoms in total. The first kappa shape index (κ1) is 14.4.